The van der Waals surface area contributed by atoms with Gasteiger partial charge in [-0.25, -0.2) is 0 Å². The molecule has 0 aliphatic heterocycles. The zero-order valence-corrected chi connectivity index (χ0v) is 11.2. The first kappa shape index (κ1) is 14.5. The Morgan fingerprint density at radius 3 is 2.59 bits per heavy atom. The van der Waals surface area contributed by atoms with Gasteiger partial charge in [0.1, 0.15) is 0 Å². The molecule has 3 N–H and O–H groups in total. The zero-order valence-electron chi connectivity index (χ0n) is 11.2. The molecule has 0 aromatic carbocycles. The van der Waals surface area contributed by atoms with Gasteiger partial charge in [0.2, 0.25) is 5.91 Å². The second-order valence-electron chi connectivity index (χ2n) is 5.16. The SMILES string of the molecule is CCC(C)NC(=O)C(C)NC1CCCCC1O. The molecule has 0 heterocycles. The predicted octanol–water partition coefficient (Wildman–Crippen LogP) is 1.18. The lowest BCUT2D eigenvalue weighted by Crippen LogP contribution is -2.52. The zero-order chi connectivity index (χ0) is 12.8. The lowest BCUT2D eigenvalue weighted by atomic mass is 9.92. The minimum Gasteiger partial charge on any atom is -0.392 e. The Hall–Kier alpha value is -0.610. The molecule has 4 unspecified atom stereocenters. The highest BCUT2D eigenvalue weighted by Crippen LogP contribution is 2.18. The lowest BCUT2D eigenvalue weighted by Gasteiger charge is -2.31. The molecule has 1 rings (SSSR count). The molecule has 0 aromatic heterocycles. The van der Waals surface area contributed by atoms with E-state index in [1.54, 1.807) is 0 Å². The maximum Gasteiger partial charge on any atom is 0.237 e. The van der Waals surface area contributed by atoms with Crippen molar-refractivity contribution >= 4 is 5.91 Å². The van der Waals surface area contributed by atoms with Crippen LogP contribution < -0.4 is 10.6 Å². The van der Waals surface area contributed by atoms with Gasteiger partial charge >= 0.3 is 0 Å². The molecular formula is C13H26N2O2. The summed E-state index contributed by atoms with van der Waals surface area (Å²) in [5.41, 5.74) is 0. The van der Waals surface area contributed by atoms with E-state index >= 15 is 0 Å². The van der Waals surface area contributed by atoms with Crippen molar-refractivity contribution in [1.29, 1.82) is 0 Å². The molecule has 1 aliphatic rings. The van der Waals surface area contributed by atoms with Crippen LogP contribution in [0.3, 0.4) is 0 Å². The molecule has 1 saturated carbocycles. The molecule has 0 bridgehead atoms. The topological polar surface area (TPSA) is 61.4 Å². The Balaban J connectivity index is 2.36. The molecule has 0 aromatic rings. The fourth-order valence-electron chi connectivity index (χ4n) is 2.17. The number of amides is 1. The van der Waals surface area contributed by atoms with Gasteiger partial charge in [0.05, 0.1) is 12.1 Å². The molecule has 0 spiro atoms. The van der Waals surface area contributed by atoms with E-state index in [4.69, 9.17) is 0 Å². The minimum atomic E-state index is -0.303. The molecule has 4 atom stereocenters. The average Bonchev–Trinajstić information content (AvgIpc) is 2.31. The van der Waals surface area contributed by atoms with Gasteiger partial charge in [-0.05, 0) is 33.1 Å². The molecule has 0 radical (unpaired) electrons. The molecule has 4 heteroatoms. The number of aliphatic hydroxyl groups is 1. The van der Waals surface area contributed by atoms with Crippen molar-refractivity contribution in [2.24, 2.45) is 0 Å². The van der Waals surface area contributed by atoms with Crippen molar-refractivity contribution in [3.8, 4) is 0 Å². The summed E-state index contributed by atoms with van der Waals surface area (Å²) < 4.78 is 0. The Labute approximate surface area is 104 Å². The highest BCUT2D eigenvalue weighted by Gasteiger charge is 2.26. The number of hydrogen-bond acceptors (Lipinski definition) is 3. The summed E-state index contributed by atoms with van der Waals surface area (Å²) in [6.07, 6.45) is 4.66. The van der Waals surface area contributed by atoms with Crippen LogP contribution >= 0.6 is 0 Å². The molecule has 0 saturated heterocycles. The van der Waals surface area contributed by atoms with Gasteiger partial charge in [0, 0.05) is 12.1 Å². The summed E-state index contributed by atoms with van der Waals surface area (Å²) >= 11 is 0. The van der Waals surface area contributed by atoms with Crippen LogP contribution in [0.15, 0.2) is 0 Å². The van der Waals surface area contributed by atoms with Crippen molar-refractivity contribution in [1.82, 2.24) is 10.6 Å². The number of rotatable bonds is 5. The van der Waals surface area contributed by atoms with Crippen LogP contribution in [0.2, 0.25) is 0 Å². The van der Waals surface area contributed by atoms with Crippen molar-refractivity contribution in [2.75, 3.05) is 0 Å². The monoisotopic (exact) mass is 242 g/mol. The van der Waals surface area contributed by atoms with E-state index in [-0.39, 0.29) is 30.1 Å². The first-order valence-corrected chi connectivity index (χ1v) is 6.79. The Kier molecular flexibility index (Phi) is 5.92. The fourth-order valence-corrected chi connectivity index (χ4v) is 2.17. The van der Waals surface area contributed by atoms with E-state index in [0.29, 0.717) is 0 Å². The number of nitrogens with one attached hydrogen (secondary N) is 2. The molecule has 1 aliphatic carbocycles. The van der Waals surface area contributed by atoms with Gasteiger partial charge in [0.15, 0.2) is 0 Å². The van der Waals surface area contributed by atoms with Crippen LogP contribution in [-0.2, 0) is 4.79 Å². The largest absolute Gasteiger partial charge is 0.392 e. The third-order valence-corrected chi connectivity index (χ3v) is 3.59. The normalized spacial score (nSPS) is 28.5. The van der Waals surface area contributed by atoms with E-state index in [2.05, 4.69) is 10.6 Å². The summed E-state index contributed by atoms with van der Waals surface area (Å²) in [4.78, 5) is 11.8. The van der Waals surface area contributed by atoms with Gasteiger partial charge in [-0.2, -0.15) is 0 Å². The highest BCUT2D eigenvalue weighted by molar-refractivity contribution is 5.81. The van der Waals surface area contributed by atoms with Crippen molar-refractivity contribution in [3.63, 3.8) is 0 Å². The molecule has 17 heavy (non-hydrogen) atoms. The van der Waals surface area contributed by atoms with E-state index in [9.17, 15) is 9.90 Å². The second-order valence-corrected chi connectivity index (χ2v) is 5.16. The van der Waals surface area contributed by atoms with Crippen LogP contribution in [0.1, 0.15) is 52.9 Å². The predicted molar refractivity (Wildman–Crippen MR) is 68.8 cm³/mol. The van der Waals surface area contributed by atoms with Gasteiger partial charge in [-0.15, -0.1) is 0 Å². The standard InChI is InChI=1S/C13H26N2O2/c1-4-9(2)14-13(17)10(3)15-11-7-5-6-8-12(11)16/h9-12,15-16H,4-8H2,1-3H3,(H,14,17). The van der Waals surface area contributed by atoms with Crippen LogP contribution in [0.5, 0.6) is 0 Å². The van der Waals surface area contributed by atoms with E-state index in [1.165, 1.54) is 0 Å². The summed E-state index contributed by atoms with van der Waals surface area (Å²) in [7, 11) is 0. The van der Waals surface area contributed by atoms with E-state index in [1.807, 2.05) is 20.8 Å². The quantitative estimate of drug-likeness (QED) is 0.678. The maximum atomic E-state index is 11.8. The van der Waals surface area contributed by atoms with E-state index < -0.39 is 0 Å². The van der Waals surface area contributed by atoms with Crippen LogP contribution in [0.25, 0.3) is 0 Å². The van der Waals surface area contributed by atoms with Crippen molar-refractivity contribution < 1.29 is 9.90 Å². The third-order valence-electron chi connectivity index (χ3n) is 3.59. The van der Waals surface area contributed by atoms with Gasteiger partial charge in [0.25, 0.3) is 0 Å². The Bertz CT molecular complexity index is 246. The number of hydrogen-bond donors (Lipinski definition) is 3. The smallest absolute Gasteiger partial charge is 0.237 e. The first-order chi connectivity index (χ1) is 8.04. The Morgan fingerprint density at radius 2 is 2.00 bits per heavy atom. The van der Waals surface area contributed by atoms with E-state index in [0.717, 1.165) is 32.1 Å². The van der Waals surface area contributed by atoms with Crippen LogP contribution in [0.4, 0.5) is 0 Å². The first-order valence-electron chi connectivity index (χ1n) is 6.79. The van der Waals surface area contributed by atoms with Gasteiger partial charge < -0.3 is 15.7 Å². The fraction of sp³-hybridized carbons (Fsp3) is 0.923. The molecule has 1 fully saturated rings. The molecule has 1 amide bonds. The number of aliphatic hydroxyl groups excluding tert-OH is 1. The number of carbonyl (C=O) groups is 1. The Morgan fingerprint density at radius 1 is 1.35 bits per heavy atom. The summed E-state index contributed by atoms with van der Waals surface area (Å²) in [5.74, 6) is 0.0251. The average molecular weight is 242 g/mol. The summed E-state index contributed by atoms with van der Waals surface area (Å²) in [6.45, 7) is 5.91. The summed E-state index contributed by atoms with van der Waals surface area (Å²) in [6, 6.07) is 0.0474. The summed E-state index contributed by atoms with van der Waals surface area (Å²) in [5, 5.41) is 16.0. The number of carbonyl (C=O) groups excluding carboxylic acids is 1. The van der Waals surface area contributed by atoms with Crippen molar-refractivity contribution in [3.05, 3.63) is 0 Å². The highest BCUT2D eigenvalue weighted by atomic mass is 16.3. The van der Waals surface area contributed by atoms with Crippen LogP contribution in [-0.4, -0.2) is 35.2 Å². The molecule has 100 valence electrons. The molecular weight excluding hydrogens is 216 g/mol. The van der Waals surface area contributed by atoms with Gasteiger partial charge in [-0.1, -0.05) is 19.8 Å². The second kappa shape index (κ2) is 6.97. The molecule has 4 nitrogen and oxygen atoms in total. The lowest BCUT2D eigenvalue weighted by molar-refractivity contribution is -0.123. The maximum absolute atomic E-state index is 11.8. The minimum absolute atomic E-state index is 0.0251. The third kappa shape index (κ3) is 4.64. The van der Waals surface area contributed by atoms with Crippen LogP contribution in [0, 0.1) is 0 Å². The van der Waals surface area contributed by atoms with Gasteiger partial charge in [-0.3, -0.25) is 4.79 Å². The van der Waals surface area contributed by atoms with Crippen molar-refractivity contribution in [2.45, 2.75) is 77.1 Å².